The number of benzene rings is 2. The van der Waals surface area contributed by atoms with Crippen molar-refractivity contribution in [1.29, 1.82) is 0 Å². The molecule has 3 nitrogen and oxygen atoms in total. The van der Waals surface area contributed by atoms with Crippen LogP contribution in [0.25, 0.3) is 0 Å². The highest BCUT2D eigenvalue weighted by Gasteiger charge is 2.16. The maximum Gasteiger partial charge on any atom is 0.123 e. The molecule has 0 radical (unpaired) electrons. The summed E-state index contributed by atoms with van der Waals surface area (Å²) in [5.74, 6) is 6.06. The Balaban J connectivity index is 2.40. The van der Waals surface area contributed by atoms with Crippen LogP contribution in [0.1, 0.15) is 17.2 Å². The number of hydrazine groups is 1. The summed E-state index contributed by atoms with van der Waals surface area (Å²) in [5.41, 5.74) is 4.37. The minimum absolute atomic E-state index is 0.295. The molecule has 0 fully saturated rings. The Labute approximate surface area is 119 Å². The standard InChI is InChI=1S/C14H14BrFN2O/c1-19-11-5-2-9(3-6-11)14(18-17)12-8-10(16)4-7-13(12)15/h2-8,14,18H,17H2,1H3. The normalized spacial score (nSPS) is 12.2. The first-order valence-corrected chi connectivity index (χ1v) is 6.50. The fourth-order valence-corrected chi connectivity index (χ4v) is 2.37. The minimum atomic E-state index is -0.299. The number of methoxy groups -OCH3 is 1. The predicted molar refractivity (Wildman–Crippen MR) is 76.3 cm³/mol. The fraction of sp³-hybridized carbons (Fsp3) is 0.143. The summed E-state index contributed by atoms with van der Waals surface area (Å²) in [4.78, 5) is 0. The molecule has 2 aromatic rings. The van der Waals surface area contributed by atoms with Gasteiger partial charge in [-0.15, -0.1) is 0 Å². The maximum atomic E-state index is 13.4. The van der Waals surface area contributed by atoms with E-state index in [1.54, 1.807) is 13.2 Å². The molecule has 1 unspecified atom stereocenters. The lowest BCUT2D eigenvalue weighted by atomic mass is 9.99. The molecule has 0 heterocycles. The minimum Gasteiger partial charge on any atom is -0.497 e. The van der Waals surface area contributed by atoms with Crippen molar-refractivity contribution in [2.75, 3.05) is 7.11 Å². The van der Waals surface area contributed by atoms with Gasteiger partial charge in [0, 0.05) is 4.47 Å². The Kier molecular flexibility index (Phi) is 4.52. The van der Waals surface area contributed by atoms with Crippen LogP contribution < -0.4 is 16.0 Å². The second-order valence-corrected chi connectivity index (χ2v) is 4.89. The van der Waals surface area contributed by atoms with E-state index in [0.717, 1.165) is 21.3 Å². The van der Waals surface area contributed by atoms with E-state index in [9.17, 15) is 4.39 Å². The van der Waals surface area contributed by atoms with E-state index in [1.165, 1.54) is 12.1 Å². The quantitative estimate of drug-likeness (QED) is 0.671. The average Bonchev–Trinajstić information content (AvgIpc) is 2.44. The number of hydrogen-bond donors (Lipinski definition) is 2. The van der Waals surface area contributed by atoms with E-state index < -0.39 is 0 Å². The molecule has 0 amide bonds. The summed E-state index contributed by atoms with van der Waals surface area (Å²) in [6, 6.07) is 11.7. The van der Waals surface area contributed by atoms with Gasteiger partial charge < -0.3 is 4.74 Å². The molecule has 0 spiro atoms. The van der Waals surface area contributed by atoms with Crippen molar-refractivity contribution >= 4 is 15.9 Å². The molecule has 3 N–H and O–H groups in total. The fourth-order valence-electron chi connectivity index (χ4n) is 1.90. The van der Waals surface area contributed by atoms with Crippen LogP contribution in [-0.4, -0.2) is 7.11 Å². The van der Waals surface area contributed by atoms with Crippen LogP contribution in [0.3, 0.4) is 0 Å². The zero-order valence-electron chi connectivity index (χ0n) is 10.4. The van der Waals surface area contributed by atoms with Gasteiger partial charge in [0.1, 0.15) is 11.6 Å². The van der Waals surface area contributed by atoms with E-state index in [-0.39, 0.29) is 11.9 Å². The van der Waals surface area contributed by atoms with Crippen molar-refractivity contribution in [1.82, 2.24) is 5.43 Å². The zero-order valence-corrected chi connectivity index (χ0v) is 11.9. The van der Waals surface area contributed by atoms with Crippen molar-refractivity contribution < 1.29 is 9.13 Å². The monoisotopic (exact) mass is 324 g/mol. The lowest BCUT2D eigenvalue weighted by molar-refractivity contribution is 0.414. The molecule has 2 aromatic carbocycles. The third kappa shape index (κ3) is 3.12. The molecule has 2 rings (SSSR count). The van der Waals surface area contributed by atoms with Gasteiger partial charge >= 0.3 is 0 Å². The van der Waals surface area contributed by atoms with E-state index in [2.05, 4.69) is 21.4 Å². The predicted octanol–water partition coefficient (Wildman–Crippen LogP) is 3.15. The summed E-state index contributed by atoms with van der Waals surface area (Å²) in [6.07, 6.45) is 0. The molecule has 19 heavy (non-hydrogen) atoms. The van der Waals surface area contributed by atoms with Crippen LogP contribution in [0.2, 0.25) is 0 Å². The largest absolute Gasteiger partial charge is 0.497 e. The van der Waals surface area contributed by atoms with E-state index in [1.807, 2.05) is 24.3 Å². The smallest absolute Gasteiger partial charge is 0.123 e. The number of hydrogen-bond acceptors (Lipinski definition) is 3. The first-order valence-electron chi connectivity index (χ1n) is 5.70. The number of halogens is 2. The maximum absolute atomic E-state index is 13.4. The summed E-state index contributed by atoms with van der Waals surface area (Å²) in [6.45, 7) is 0. The van der Waals surface area contributed by atoms with Crippen molar-refractivity contribution in [3.8, 4) is 5.75 Å². The highest BCUT2D eigenvalue weighted by molar-refractivity contribution is 9.10. The third-order valence-electron chi connectivity index (χ3n) is 2.88. The van der Waals surface area contributed by atoms with E-state index in [4.69, 9.17) is 10.6 Å². The summed E-state index contributed by atoms with van der Waals surface area (Å²) in [7, 11) is 1.61. The van der Waals surface area contributed by atoms with Gasteiger partial charge in [-0.05, 0) is 41.5 Å². The molecule has 0 aliphatic rings. The Morgan fingerprint density at radius 3 is 2.47 bits per heavy atom. The number of nitrogens with two attached hydrogens (primary N) is 1. The van der Waals surface area contributed by atoms with Crippen molar-refractivity contribution in [3.63, 3.8) is 0 Å². The van der Waals surface area contributed by atoms with Crippen LogP contribution in [0, 0.1) is 5.82 Å². The molecule has 0 aliphatic heterocycles. The van der Waals surface area contributed by atoms with E-state index >= 15 is 0 Å². The lowest BCUT2D eigenvalue weighted by Gasteiger charge is -2.18. The van der Waals surface area contributed by atoms with Gasteiger partial charge in [-0.2, -0.15) is 0 Å². The van der Waals surface area contributed by atoms with Gasteiger partial charge in [-0.3, -0.25) is 5.84 Å². The molecule has 5 heteroatoms. The van der Waals surface area contributed by atoms with Gasteiger partial charge in [0.2, 0.25) is 0 Å². The van der Waals surface area contributed by atoms with Crippen LogP contribution in [-0.2, 0) is 0 Å². The van der Waals surface area contributed by atoms with Crippen LogP contribution in [0.4, 0.5) is 4.39 Å². The number of rotatable bonds is 4. The summed E-state index contributed by atoms with van der Waals surface area (Å²) < 4.78 is 19.3. The molecule has 0 bridgehead atoms. The van der Waals surface area contributed by atoms with Crippen molar-refractivity contribution in [3.05, 3.63) is 63.9 Å². The van der Waals surface area contributed by atoms with E-state index in [0.29, 0.717) is 0 Å². The SMILES string of the molecule is COc1ccc(C(NN)c2cc(F)ccc2Br)cc1. The van der Waals surface area contributed by atoms with Crippen molar-refractivity contribution in [2.45, 2.75) is 6.04 Å². The van der Waals surface area contributed by atoms with Crippen LogP contribution >= 0.6 is 15.9 Å². The Morgan fingerprint density at radius 2 is 1.89 bits per heavy atom. The third-order valence-corrected chi connectivity index (χ3v) is 3.61. The second kappa shape index (κ2) is 6.14. The molecule has 0 saturated carbocycles. The van der Waals surface area contributed by atoms with Gasteiger partial charge in [0.25, 0.3) is 0 Å². The first kappa shape index (κ1) is 14.0. The number of ether oxygens (including phenoxy) is 1. The second-order valence-electron chi connectivity index (χ2n) is 4.04. The van der Waals surface area contributed by atoms with Gasteiger partial charge in [0.15, 0.2) is 0 Å². The molecule has 0 aromatic heterocycles. The van der Waals surface area contributed by atoms with Crippen LogP contribution in [0.15, 0.2) is 46.9 Å². The number of nitrogens with one attached hydrogen (secondary N) is 1. The molecule has 100 valence electrons. The zero-order chi connectivity index (χ0) is 13.8. The topological polar surface area (TPSA) is 47.3 Å². The Morgan fingerprint density at radius 1 is 1.21 bits per heavy atom. The summed E-state index contributed by atoms with van der Waals surface area (Å²) >= 11 is 3.41. The molecular formula is C14H14BrFN2O. The van der Waals surface area contributed by atoms with Crippen molar-refractivity contribution in [2.24, 2.45) is 5.84 Å². The highest BCUT2D eigenvalue weighted by Crippen LogP contribution is 2.29. The Hall–Kier alpha value is -1.43. The first-order chi connectivity index (χ1) is 9.15. The average molecular weight is 325 g/mol. The molecule has 0 saturated heterocycles. The van der Waals surface area contributed by atoms with Gasteiger partial charge in [-0.1, -0.05) is 28.1 Å². The molecule has 0 aliphatic carbocycles. The van der Waals surface area contributed by atoms with Gasteiger partial charge in [-0.25, -0.2) is 9.82 Å². The Bertz CT molecular complexity index is 560. The van der Waals surface area contributed by atoms with Crippen LogP contribution in [0.5, 0.6) is 5.75 Å². The summed E-state index contributed by atoms with van der Waals surface area (Å²) in [5, 5.41) is 0. The van der Waals surface area contributed by atoms with Gasteiger partial charge in [0.05, 0.1) is 13.2 Å². The highest BCUT2D eigenvalue weighted by atomic mass is 79.9. The molecular weight excluding hydrogens is 311 g/mol. The molecule has 1 atom stereocenters. The lowest BCUT2D eigenvalue weighted by Crippen LogP contribution is -2.29.